The van der Waals surface area contributed by atoms with Crippen molar-refractivity contribution in [1.29, 1.82) is 0 Å². The monoisotopic (exact) mass is 247 g/mol. The van der Waals surface area contributed by atoms with Gasteiger partial charge in [0.2, 0.25) is 0 Å². The fourth-order valence-electron chi connectivity index (χ4n) is 1.42. The molecule has 0 bridgehead atoms. The maximum Gasteiger partial charge on any atom is 0.296 e. The molecule has 0 radical (unpaired) electrons. The molecule has 0 fully saturated rings. The molecule has 1 heterocycles. The number of Topliss-reactive ketones (excluding diaryl/α,β-unsaturated/α-hetero) is 1. The first kappa shape index (κ1) is 12.0. The number of nitrogens with zero attached hydrogens (tertiary/aromatic N) is 2. The maximum atomic E-state index is 12.9. The van der Waals surface area contributed by atoms with Gasteiger partial charge in [-0.3, -0.25) is 14.3 Å². The average Bonchev–Trinajstić information content (AvgIpc) is 2.75. The van der Waals surface area contributed by atoms with Crippen LogP contribution in [0.15, 0.2) is 36.7 Å². The molecule has 5 nitrogen and oxygen atoms in total. The Bertz CT molecular complexity index is 607. The van der Waals surface area contributed by atoms with Crippen molar-refractivity contribution in [2.24, 2.45) is 7.05 Å². The van der Waals surface area contributed by atoms with Crippen molar-refractivity contribution >= 4 is 17.4 Å². The zero-order chi connectivity index (χ0) is 13.1. The molecular weight excluding hydrogens is 237 g/mol. The van der Waals surface area contributed by atoms with E-state index >= 15 is 0 Å². The molecule has 0 spiro atoms. The molecule has 1 aromatic carbocycles. The lowest BCUT2D eigenvalue weighted by atomic mass is 10.2. The topological polar surface area (TPSA) is 64.0 Å². The normalized spacial score (nSPS) is 10.1. The van der Waals surface area contributed by atoms with Gasteiger partial charge in [-0.25, -0.2) is 4.39 Å². The number of amides is 1. The molecule has 1 N–H and O–H groups in total. The van der Waals surface area contributed by atoms with E-state index in [9.17, 15) is 14.0 Å². The Morgan fingerprint density at radius 1 is 1.39 bits per heavy atom. The van der Waals surface area contributed by atoms with E-state index in [-0.39, 0.29) is 11.3 Å². The molecule has 2 aromatic rings. The summed E-state index contributed by atoms with van der Waals surface area (Å²) in [7, 11) is 1.64. The number of hydrogen-bond acceptors (Lipinski definition) is 3. The molecule has 92 valence electrons. The summed E-state index contributed by atoms with van der Waals surface area (Å²) < 4.78 is 14.3. The Balaban J connectivity index is 2.11. The van der Waals surface area contributed by atoms with Crippen LogP contribution in [0, 0.1) is 5.82 Å². The van der Waals surface area contributed by atoms with Crippen LogP contribution in [0.4, 0.5) is 10.1 Å². The van der Waals surface area contributed by atoms with Crippen LogP contribution in [0.5, 0.6) is 0 Å². The van der Waals surface area contributed by atoms with E-state index in [2.05, 4.69) is 10.4 Å². The lowest BCUT2D eigenvalue weighted by Crippen LogP contribution is -2.22. The Labute approximate surface area is 102 Å². The maximum absolute atomic E-state index is 12.9. The van der Waals surface area contributed by atoms with E-state index in [1.807, 2.05) is 0 Å². The molecule has 1 aromatic heterocycles. The number of hydrogen-bond donors (Lipinski definition) is 1. The molecule has 0 saturated carbocycles. The van der Waals surface area contributed by atoms with Gasteiger partial charge in [-0.1, -0.05) is 6.07 Å². The third kappa shape index (κ3) is 2.60. The van der Waals surface area contributed by atoms with Crippen molar-refractivity contribution < 1.29 is 14.0 Å². The van der Waals surface area contributed by atoms with Gasteiger partial charge in [0.15, 0.2) is 0 Å². The largest absolute Gasteiger partial charge is 0.319 e. The summed E-state index contributed by atoms with van der Waals surface area (Å²) in [5.74, 6) is -2.03. The van der Waals surface area contributed by atoms with Crippen molar-refractivity contribution in [1.82, 2.24) is 9.78 Å². The van der Waals surface area contributed by atoms with Gasteiger partial charge in [0.25, 0.3) is 11.7 Å². The van der Waals surface area contributed by atoms with Gasteiger partial charge in [-0.15, -0.1) is 0 Å². The fourth-order valence-corrected chi connectivity index (χ4v) is 1.42. The third-order valence-corrected chi connectivity index (χ3v) is 2.26. The summed E-state index contributed by atoms with van der Waals surface area (Å²) in [4.78, 5) is 23.3. The molecule has 0 saturated heterocycles. The molecule has 2 rings (SSSR count). The standard InChI is InChI=1S/C12H10FN3O2/c1-16-7-8(6-14-16)11(17)12(18)15-10-4-2-3-9(13)5-10/h2-7H,1H3,(H,15,18). The van der Waals surface area contributed by atoms with E-state index in [1.165, 1.54) is 35.3 Å². The SMILES string of the molecule is Cn1cc(C(=O)C(=O)Nc2cccc(F)c2)cn1. The minimum Gasteiger partial charge on any atom is -0.319 e. The minimum atomic E-state index is -0.825. The van der Waals surface area contributed by atoms with E-state index in [4.69, 9.17) is 0 Å². The summed E-state index contributed by atoms with van der Waals surface area (Å²) in [5.41, 5.74) is 0.420. The zero-order valence-electron chi connectivity index (χ0n) is 9.55. The fraction of sp³-hybridized carbons (Fsp3) is 0.0833. The lowest BCUT2D eigenvalue weighted by Gasteiger charge is -2.02. The van der Waals surface area contributed by atoms with E-state index in [0.29, 0.717) is 0 Å². The first-order chi connectivity index (χ1) is 8.56. The number of carbonyl (C=O) groups excluding carboxylic acids is 2. The number of halogens is 1. The zero-order valence-corrected chi connectivity index (χ0v) is 9.55. The summed E-state index contributed by atoms with van der Waals surface area (Å²) in [5, 5.41) is 6.12. The number of nitrogens with one attached hydrogen (secondary N) is 1. The molecular formula is C12H10FN3O2. The van der Waals surface area contributed by atoms with Crippen molar-refractivity contribution in [2.45, 2.75) is 0 Å². The molecule has 0 aliphatic rings. The van der Waals surface area contributed by atoms with Gasteiger partial charge < -0.3 is 5.32 Å². The number of benzene rings is 1. The molecule has 0 aliphatic carbocycles. The summed E-state index contributed by atoms with van der Waals surface area (Å²) in [6.07, 6.45) is 2.74. The molecule has 18 heavy (non-hydrogen) atoms. The molecule has 0 aliphatic heterocycles. The Morgan fingerprint density at radius 2 is 2.17 bits per heavy atom. The lowest BCUT2D eigenvalue weighted by molar-refractivity contribution is -0.112. The number of rotatable bonds is 3. The van der Waals surface area contributed by atoms with Gasteiger partial charge in [0, 0.05) is 18.9 Å². The van der Waals surface area contributed by atoms with Gasteiger partial charge in [0.05, 0.1) is 11.8 Å². The van der Waals surface area contributed by atoms with Crippen molar-refractivity contribution in [2.75, 3.05) is 5.32 Å². The second-order valence-electron chi connectivity index (χ2n) is 3.70. The number of ketones is 1. The van der Waals surface area contributed by atoms with Crippen LogP contribution >= 0.6 is 0 Å². The summed E-state index contributed by atoms with van der Waals surface area (Å²) in [6.45, 7) is 0. The molecule has 0 atom stereocenters. The van der Waals surface area contributed by atoms with Crippen molar-refractivity contribution in [3.8, 4) is 0 Å². The first-order valence-electron chi connectivity index (χ1n) is 5.16. The Morgan fingerprint density at radius 3 is 2.78 bits per heavy atom. The quantitative estimate of drug-likeness (QED) is 0.658. The van der Waals surface area contributed by atoms with E-state index < -0.39 is 17.5 Å². The average molecular weight is 247 g/mol. The highest BCUT2D eigenvalue weighted by atomic mass is 19.1. The van der Waals surface area contributed by atoms with Crippen LogP contribution in [0.1, 0.15) is 10.4 Å². The minimum absolute atomic E-state index is 0.186. The second kappa shape index (κ2) is 4.79. The van der Waals surface area contributed by atoms with Gasteiger partial charge in [0.1, 0.15) is 5.82 Å². The van der Waals surface area contributed by atoms with Gasteiger partial charge >= 0.3 is 0 Å². The van der Waals surface area contributed by atoms with Crippen LogP contribution < -0.4 is 5.32 Å². The molecule has 6 heteroatoms. The van der Waals surface area contributed by atoms with E-state index in [1.54, 1.807) is 7.05 Å². The predicted octanol–water partition coefficient (Wildman–Crippen LogP) is 1.38. The predicted molar refractivity (Wildman–Crippen MR) is 62.6 cm³/mol. The Kier molecular flexibility index (Phi) is 3.18. The van der Waals surface area contributed by atoms with Crippen LogP contribution in [0.3, 0.4) is 0 Å². The van der Waals surface area contributed by atoms with E-state index in [0.717, 1.165) is 6.07 Å². The van der Waals surface area contributed by atoms with Crippen LogP contribution in [0.2, 0.25) is 0 Å². The Hall–Kier alpha value is -2.50. The summed E-state index contributed by atoms with van der Waals surface area (Å²) in [6, 6.07) is 5.32. The van der Waals surface area contributed by atoms with Crippen LogP contribution in [0.25, 0.3) is 0 Å². The van der Waals surface area contributed by atoms with Crippen molar-refractivity contribution in [3.63, 3.8) is 0 Å². The second-order valence-corrected chi connectivity index (χ2v) is 3.70. The number of aromatic nitrogens is 2. The molecule has 1 amide bonds. The van der Waals surface area contributed by atoms with Gasteiger partial charge in [-0.2, -0.15) is 5.10 Å². The van der Waals surface area contributed by atoms with Crippen LogP contribution in [-0.2, 0) is 11.8 Å². The number of anilines is 1. The number of aryl methyl sites for hydroxylation is 1. The van der Waals surface area contributed by atoms with Crippen LogP contribution in [-0.4, -0.2) is 21.5 Å². The van der Waals surface area contributed by atoms with Gasteiger partial charge in [-0.05, 0) is 18.2 Å². The molecule has 0 unspecified atom stereocenters. The highest BCUT2D eigenvalue weighted by Crippen LogP contribution is 2.10. The summed E-state index contributed by atoms with van der Waals surface area (Å²) >= 11 is 0. The smallest absolute Gasteiger partial charge is 0.296 e. The number of carbonyl (C=O) groups is 2. The highest BCUT2D eigenvalue weighted by molar-refractivity contribution is 6.46. The first-order valence-corrected chi connectivity index (χ1v) is 5.16. The highest BCUT2D eigenvalue weighted by Gasteiger charge is 2.17. The van der Waals surface area contributed by atoms with Crippen molar-refractivity contribution in [3.05, 3.63) is 48.0 Å². The third-order valence-electron chi connectivity index (χ3n) is 2.26.